The van der Waals surface area contributed by atoms with E-state index in [0.717, 1.165) is 25.2 Å². The topological polar surface area (TPSA) is 70.9 Å². The van der Waals surface area contributed by atoms with Crippen molar-refractivity contribution in [3.05, 3.63) is 20.7 Å². The molecule has 1 aliphatic carbocycles. The summed E-state index contributed by atoms with van der Waals surface area (Å²) in [6, 6.07) is 0.350. The Bertz CT molecular complexity index is 373. The van der Waals surface area contributed by atoms with Gasteiger partial charge in [-0.1, -0.05) is 24.2 Å². The molecule has 16 heavy (non-hydrogen) atoms. The van der Waals surface area contributed by atoms with Gasteiger partial charge in [-0.15, -0.1) is 0 Å². The van der Waals surface area contributed by atoms with E-state index in [4.69, 9.17) is 5.73 Å². The van der Waals surface area contributed by atoms with E-state index in [1.807, 2.05) is 5.38 Å². The Hall–Kier alpha value is -0.650. The van der Waals surface area contributed by atoms with E-state index in [0.29, 0.717) is 12.0 Å². The molecule has 1 aromatic heterocycles. The number of aromatic nitrogens is 1. The van der Waals surface area contributed by atoms with Crippen LogP contribution >= 0.6 is 11.3 Å². The fraction of sp³-hybridized carbons (Fsp3) is 0.727. The van der Waals surface area contributed by atoms with E-state index < -0.39 is 0 Å². The Morgan fingerprint density at radius 2 is 2.31 bits per heavy atom. The first-order chi connectivity index (χ1) is 7.75. The van der Waals surface area contributed by atoms with Gasteiger partial charge in [0.25, 0.3) is 0 Å². The van der Waals surface area contributed by atoms with E-state index in [1.54, 1.807) is 0 Å². The third-order valence-electron chi connectivity index (χ3n) is 3.26. The van der Waals surface area contributed by atoms with Gasteiger partial charge in [0, 0.05) is 23.7 Å². The zero-order valence-electron chi connectivity index (χ0n) is 9.37. The maximum atomic E-state index is 10.9. The van der Waals surface area contributed by atoms with Crippen LogP contribution in [0.15, 0.2) is 10.2 Å². The highest BCUT2D eigenvalue weighted by Gasteiger charge is 2.20. The van der Waals surface area contributed by atoms with Crippen LogP contribution in [-0.4, -0.2) is 17.6 Å². The molecule has 2 unspecified atom stereocenters. The lowest BCUT2D eigenvalue weighted by molar-refractivity contribution is 0.296. The van der Waals surface area contributed by atoms with Gasteiger partial charge >= 0.3 is 4.87 Å². The summed E-state index contributed by atoms with van der Waals surface area (Å²) in [7, 11) is 0. The lowest BCUT2D eigenvalue weighted by Gasteiger charge is -2.28. The normalized spacial score (nSPS) is 25.8. The molecule has 2 rings (SSSR count). The molecule has 90 valence electrons. The number of hydrogen-bond acceptors (Lipinski definition) is 4. The molecule has 0 bridgehead atoms. The Labute approximate surface area is 99.3 Å². The third-order valence-corrected chi connectivity index (χ3v) is 3.98. The van der Waals surface area contributed by atoms with Crippen LogP contribution in [0.3, 0.4) is 0 Å². The predicted molar refractivity (Wildman–Crippen MR) is 66.6 cm³/mol. The fourth-order valence-corrected chi connectivity index (χ4v) is 2.86. The Morgan fingerprint density at radius 1 is 1.50 bits per heavy atom. The predicted octanol–water partition coefficient (Wildman–Crippen LogP) is 1.04. The summed E-state index contributed by atoms with van der Waals surface area (Å²) in [5, 5.41) is 5.24. The van der Waals surface area contributed by atoms with Gasteiger partial charge in [-0.3, -0.25) is 4.79 Å². The quantitative estimate of drug-likeness (QED) is 0.737. The average Bonchev–Trinajstić information content (AvgIpc) is 2.67. The molecule has 2 atom stereocenters. The molecule has 5 heteroatoms. The second-order valence-electron chi connectivity index (χ2n) is 4.51. The van der Waals surface area contributed by atoms with Crippen molar-refractivity contribution in [1.82, 2.24) is 10.3 Å². The maximum absolute atomic E-state index is 10.9. The van der Waals surface area contributed by atoms with Crippen molar-refractivity contribution < 1.29 is 0 Å². The highest BCUT2D eigenvalue weighted by molar-refractivity contribution is 7.07. The molecule has 0 saturated heterocycles. The Kier molecular flexibility index (Phi) is 4.15. The molecule has 1 heterocycles. The van der Waals surface area contributed by atoms with Gasteiger partial charge in [0.1, 0.15) is 0 Å². The van der Waals surface area contributed by atoms with E-state index in [-0.39, 0.29) is 4.87 Å². The summed E-state index contributed by atoms with van der Waals surface area (Å²) in [4.78, 5) is 13.7. The van der Waals surface area contributed by atoms with Crippen LogP contribution in [0.5, 0.6) is 0 Å². The van der Waals surface area contributed by atoms with Crippen LogP contribution in [0.4, 0.5) is 0 Å². The molecular formula is C11H19N3OS. The minimum atomic E-state index is 0.0196. The second kappa shape index (κ2) is 5.61. The number of rotatable bonds is 4. The van der Waals surface area contributed by atoms with Crippen molar-refractivity contribution in [3.8, 4) is 0 Å². The standard InChI is InChI=1S/C11H19N3OS/c12-10-4-2-1-3-8(10)5-13-6-9-7-16-11(15)14-9/h7-8,10,13H,1-6,12H2,(H,14,15). The zero-order valence-corrected chi connectivity index (χ0v) is 10.2. The van der Waals surface area contributed by atoms with E-state index >= 15 is 0 Å². The Balaban J connectivity index is 1.73. The number of nitrogens with one attached hydrogen (secondary N) is 2. The van der Waals surface area contributed by atoms with Gasteiger partial charge in [-0.25, -0.2) is 0 Å². The summed E-state index contributed by atoms with van der Waals surface area (Å²) < 4.78 is 0. The molecule has 0 aromatic carbocycles. The first-order valence-electron chi connectivity index (χ1n) is 5.88. The van der Waals surface area contributed by atoms with Crippen molar-refractivity contribution in [2.45, 2.75) is 38.3 Å². The van der Waals surface area contributed by atoms with Gasteiger partial charge < -0.3 is 16.0 Å². The minimum absolute atomic E-state index is 0.0196. The van der Waals surface area contributed by atoms with Gasteiger partial charge in [0.05, 0.1) is 0 Å². The average molecular weight is 241 g/mol. The van der Waals surface area contributed by atoms with Gasteiger partial charge in [0.2, 0.25) is 0 Å². The lowest BCUT2D eigenvalue weighted by Crippen LogP contribution is -2.39. The van der Waals surface area contributed by atoms with Crippen molar-refractivity contribution in [3.63, 3.8) is 0 Å². The first kappa shape index (κ1) is 11.8. The smallest absolute Gasteiger partial charge is 0.304 e. The number of thiazole rings is 1. The highest BCUT2D eigenvalue weighted by Crippen LogP contribution is 2.22. The van der Waals surface area contributed by atoms with Crippen LogP contribution in [0.1, 0.15) is 31.4 Å². The van der Waals surface area contributed by atoms with Gasteiger partial charge in [-0.05, 0) is 25.3 Å². The summed E-state index contributed by atoms with van der Waals surface area (Å²) in [5.74, 6) is 0.596. The van der Waals surface area contributed by atoms with Crippen LogP contribution in [0.25, 0.3) is 0 Å². The number of hydrogen-bond donors (Lipinski definition) is 3. The maximum Gasteiger partial charge on any atom is 0.304 e. The van der Waals surface area contributed by atoms with E-state index in [9.17, 15) is 4.79 Å². The Morgan fingerprint density at radius 3 is 3.00 bits per heavy atom. The van der Waals surface area contributed by atoms with Crippen LogP contribution in [-0.2, 0) is 6.54 Å². The molecule has 1 aromatic rings. The number of aromatic amines is 1. The molecule has 1 saturated carbocycles. The highest BCUT2D eigenvalue weighted by atomic mass is 32.1. The molecule has 1 aliphatic rings. The first-order valence-corrected chi connectivity index (χ1v) is 6.76. The number of H-pyrrole nitrogens is 1. The fourth-order valence-electron chi connectivity index (χ4n) is 2.28. The SMILES string of the molecule is NC1CCCCC1CNCc1csc(=O)[nH]1. The summed E-state index contributed by atoms with van der Waals surface area (Å²) >= 11 is 1.22. The van der Waals surface area contributed by atoms with Gasteiger partial charge in [0.15, 0.2) is 0 Å². The van der Waals surface area contributed by atoms with Crippen molar-refractivity contribution >= 4 is 11.3 Å². The largest absolute Gasteiger partial charge is 0.327 e. The summed E-state index contributed by atoms with van der Waals surface area (Å²) in [6.07, 6.45) is 4.96. The van der Waals surface area contributed by atoms with E-state index in [2.05, 4.69) is 10.3 Å². The molecule has 0 aliphatic heterocycles. The summed E-state index contributed by atoms with van der Waals surface area (Å²) in [6.45, 7) is 1.70. The molecule has 4 N–H and O–H groups in total. The second-order valence-corrected chi connectivity index (χ2v) is 5.35. The number of nitrogens with two attached hydrogens (primary N) is 1. The van der Waals surface area contributed by atoms with E-state index in [1.165, 1.54) is 30.6 Å². The zero-order chi connectivity index (χ0) is 11.4. The molecule has 0 spiro atoms. The third kappa shape index (κ3) is 3.17. The van der Waals surface area contributed by atoms with Gasteiger partial charge in [-0.2, -0.15) is 0 Å². The lowest BCUT2D eigenvalue weighted by atomic mass is 9.85. The van der Waals surface area contributed by atoms with Crippen LogP contribution < -0.4 is 15.9 Å². The van der Waals surface area contributed by atoms with Crippen molar-refractivity contribution in [2.24, 2.45) is 11.7 Å². The molecule has 0 radical (unpaired) electrons. The van der Waals surface area contributed by atoms with Crippen LogP contribution in [0, 0.1) is 5.92 Å². The molecular weight excluding hydrogens is 222 g/mol. The van der Waals surface area contributed by atoms with Crippen molar-refractivity contribution in [1.29, 1.82) is 0 Å². The van der Waals surface area contributed by atoms with Crippen LogP contribution in [0.2, 0.25) is 0 Å². The molecule has 0 amide bonds. The minimum Gasteiger partial charge on any atom is -0.327 e. The molecule has 4 nitrogen and oxygen atoms in total. The summed E-state index contributed by atoms with van der Waals surface area (Å²) in [5.41, 5.74) is 7.04. The monoisotopic (exact) mass is 241 g/mol. The molecule has 1 fully saturated rings. The van der Waals surface area contributed by atoms with Crippen molar-refractivity contribution in [2.75, 3.05) is 6.54 Å².